The third-order valence-corrected chi connectivity index (χ3v) is 13.3. The Hall–Kier alpha value is -3.55. The summed E-state index contributed by atoms with van der Waals surface area (Å²) in [5.74, 6) is -3.72. The molecule has 20 heteroatoms. The Balaban J connectivity index is 1.93. The van der Waals surface area contributed by atoms with E-state index in [9.17, 15) is 60.7 Å². The van der Waals surface area contributed by atoms with E-state index < -0.39 is 147 Å². The molecule has 2 bridgehead atoms. The predicted molar refractivity (Wildman–Crippen MR) is 269 cm³/mol. The SMILES string of the molecule is CCC(=S)CNC(=O)N[C@H]1[C@@H]2C[C@@H](O[C@@H]3O[C@H](C)[C@@H](O)[C@H](N)[C@@H]3O)/C=C/C=C/C=C/C=C/C=C/C=C/C=C/[C@H](C)[C@@H](O)[C@@H](C)[C@H](C)OC(=O)C[C@H](O)C[C@H](O)CC[C@@H](O)[C@H](O)C[C@H](O)C[C@](O)(C[C@@H]1O)O2. The van der Waals surface area contributed by atoms with E-state index in [1.165, 1.54) is 0 Å². The molecule has 3 aliphatic heterocycles. The number of carbonyl (C=O) groups excluding carboxylic acids is 2. The first-order valence-corrected chi connectivity index (χ1v) is 25.0. The highest BCUT2D eigenvalue weighted by atomic mass is 32.1. The van der Waals surface area contributed by atoms with Crippen LogP contribution in [-0.2, 0) is 23.7 Å². The molecule has 3 rings (SSSR count). The van der Waals surface area contributed by atoms with Gasteiger partial charge in [0.1, 0.15) is 12.2 Å². The summed E-state index contributed by atoms with van der Waals surface area (Å²) in [6, 6.07) is -3.02. The lowest BCUT2D eigenvalue weighted by atomic mass is 9.87. The molecule has 14 N–H and O–H groups in total. The van der Waals surface area contributed by atoms with Gasteiger partial charge in [-0.05, 0) is 39.5 Å². The van der Waals surface area contributed by atoms with Gasteiger partial charge >= 0.3 is 12.0 Å². The zero-order chi connectivity index (χ0) is 52.8. The molecule has 3 aliphatic rings. The molecule has 0 aromatic heterocycles. The normalized spacial score (nSPS) is 42.5. The Kier molecular flexibility index (Phi) is 27.2. The Morgan fingerprint density at radius 3 is 1.93 bits per heavy atom. The van der Waals surface area contributed by atoms with Crippen molar-refractivity contribution in [2.75, 3.05) is 6.54 Å². The van der Waals surface area contributed by atoms with E-state index in [2.05, 4.69) is 10.6 Å². The van der Waals surface area contributed by atoms with E-state index in [1.807, 2.05) is 50.3 Å². The summed E-state index contributed by atoms with van der Waals surface area (Å²) in [6.07, 6.45) is 5.34. The lowest BCUT2D eigenvalue weighted by Crippen LogP contribution is -2.64. The van der Waals surface area contributed by atoms with Gasteiger partial charge in [0, 0.05) is 42.4 Å². The average Bonchev–Trinajstić information content (AvgIpc) is 3.30. The second-order valence-corrected chi connectivity index (χ2v) is 19.5. The zero-order valence-corrected chi connectivity index (χ0v) is 42.3. The van der Waals surface area contributed by atoms with Gasteiger partial charge in [0.2, 0.25) is 0 Å². The molecule has 0 aromatic carbocycles. The third kappa shape index (κ3) is 21.8. The van der Waals surface area contributed by atoms with Gasteiger partial charge in [-0.3, -0.25) is 4.79 Å². The summed E-state index contributed by atoms with van der Waals surface area (Å²) >= 11 is 5.24. The fourth-order valence-electron chi connectivity index (χ4n) is 8.34. The molecular weight excluding hydrogens is 943 g/mol. The van der Waals surface area contributed by atoms with E-state index >= 15 is 0 Å². The Bertz CT molecular complexity index is 1850. The number of aliphatic hydroxyl groups excluding tert-OH is 9. The van der Waals surface area contributed by atoms with E-state index in [0.717, 1.165) is 0 Å². The number of amides is 2. The van der Waals surface area contributed by atoms with Crippen molar-refractivity contribution >= 4 is 29.1 Å². The maximum absolute atomic E-state index is 13.1. The molecule has 2 fully saturated rings. The summed E-state index contributed by atoms with van der Waals surface area (Å²) in [5.41, 5.74) is 6.11. The van der Waals surface area contributed by atoms with Gasteiger partial charge in [0.05, 0.1) is 92.2 Å². The van der Waals surface area contributed by atoms with E-state index in [-0.39, 0.29) is 38.1 Å². The minimum absolute atomic E-state index is 0.0666. The lowest BCUT2D eigenvalue weighted by molar-refractivity contribution is -0.303. The smallest absolute Gasteiger partial charge is 0.315 e. The first kappa shape index (κ1) is 61.7. The second kappa shape index (κ2) is 31.2. The molecule has 0 radical (unpaired) electrons. The van der Waals surface area contributed by atoms with Crippen LogP contribution in [0.4, 0.5) is 4.79 Å². The minimum Gasteiger partial charge on any atom is -0.462 e. The summed E-state index contributed by atoms with van der Waals surface area (Å²) in [7, 11) is 0. The Labute approximate surface area is 423 Å². The fourth-order valence-corrected chi connectivity index (χ4v) is 8.41. The van der Waals surface area contributed by atoms with Crippen LogP contribution in [0.1, 0.15) is 92.4 Å². The van der Waals surface area contributed by atoms with Crippen LogP contribution in [-0.4, -0.2) is 178 Å². The second-order valence-electron chi connectivity index (χ2n) is 18.9. The first-order chi connectivity index (χ1) is 33.5. The number of nitrogens with two attached hydrogens (primary N) is 1. The maximum atomic E-state index is 13.1. The predicted octanol–water partition coefficient (Wildman–Crippen LogP) is 1.46. The van der Waals surface area contributed by atoms with Crippen molar-refractivity contribution in [2.24, 2.45) is 17.6 Å². The number of hydrogen-bond donors (Lipinski definition) is 13. The first-order valence-electron chi connectivity index (χ1n) is 24.6. The van der Waals surface area contributed by atoms with Gasteiger partial charge < -0.3 is 86.4 Å². The number of nitrogens with one attached hydrogen (secondary N) is 2. The van der Waals surface area contributed by atoms with Crippen LogP contribution < -0.4 is 16.4 Å². The van der Waals surface area contributed by atoms with Crippen LogP contribution in [0, 0.1) is 11.8 Å². The van der Waals surface area contributed by atoms with E-state index in [1.54, 1.807) is 69.4 Å². The largest absolute Gasteiger partial charge is 0.462 e. The number of thiocarbonyl (C=S) groups is 1. The molecule has 0 aliphatic carbocycles. The lowest BCUT2D eigenvalue weighted by Gasteiger charge is -2.46. The highest BCUT2D eigenvalue weighted by Crippen LogP contribution is 2.35. The van der Waals surface area contributed by atoms with Crippen molar-refractivity contribution in [1.82, 2.24) is 10.6 Å². The van der Waals surface area contributed by atoms with Gasteiger partial charge in [-0.2, -0.15) is 0 Å². The highest BCUT2D eigenvalue weighted by Gasteiger charge is 2.49. The van der Waals surface area contributed by atoms with Crippen LogP contribution in [0.15, 0.2) is 85.1 Å². The van der Waals surface area contributed by atoms with Crippen LogP contribution in [0.3, 0.4) is 0 Å². The molecule has 71 heavy (non-hydrogen) atoms. The summed E-state index contributed by atoms with van der Waals surface area (Å²) in [6.45, 7) is 8.69. The molecule has 19 nitrogen and oxygen atoms in total. The number of carbonyl (C=O) groups is 2. The molecule has 402 valence electrons. The fraction of sp³-hybridized carbons (Fsp3) is 0.667. The van der Waals surface area contributed by atoms with Crippen molar-refractivity contribution in [3.63, 3.8) is 0 Å². The zero-order valence-electron chi connectivity index (χ0n) is 41.5. The Morgan fingerprint density at radius 1 is 0.732 bits per heavy atom. The number of aliphatic hydroxyl groups is 10. The number of cyclic esters (lactones) is 1. The molecule has 0 unspecified atom stereocenters. The van der Waals surface area contributed by atoms with Crippen LogP contribution in [0.2, 0.25) is 0 Å². The van der Waals surface area contributed by atoms with Gasteiger partial charge in [-0.15, -0.1) is 0 Å². The van der Waals surface area contributed by atoms with Crippen molar-refractivity contribution < 1.29 is 79.6 Å². The quantitative estimate of drug-likeness (QED) is 0.132. The molecular formula is C51H81N3O16S. The molecule has 0 spiro atoms. The number of allylic oxidation sites excluding steroid dienone is 12. The number of esters is 1. The topological polar surface area (TPSA) is 323 Å². The molecule has 0 aromatic rings. The number of fused-ring (bicyclic) bond motifs is 2. The molecule has 3 heterocycles. The number of hydrogen-bond acceptors (Lipinski definition) is 18. The Morgan fingerprint density at radius 2 is 1.32 bits per heavy atom. The molecule has 2 amide bonds. The minimum atomic E-state index is -2.26. The third-order valence-electron chi connectivity index (χ3n) is 12.9. The monoisotopic (exact) mass is 1020 g/mol. The van der Waals surface area contributed by atoms with Crippen LogP contribution >= 0.6 is 12.2 Å². The number of urea groups is 1. The summed E-state index contributed by atoms with van der Waals surface area (Å²) in [4.78, 5) is 26.4. The van der Waals surface area contributed by atoms with Crippen LogP contribution in [0.25, 0.3) is 0 Å². The molecule has 2 saturated heterocycles. The molecule has 19 atom stereocenters. The standard InChI is InChI=1S/C51H81N3O16S/c1-6-38(71)29-53-50(65)54-45-41(60)28-51(66)27-36(57)24-40(59)39(58)22-21-34(55)23-35(56)25-43(61)67-32(4)31(3)46(62)30(2)19-17-15-13-11-9-7-8-10-12-14-16-18-20-37(26-42(45)70-51)69-49-48(64)44(52)47(63)33(5)68-49/h7-20,30-37,39-42,44-49,55-60,62-64,66H,6,21-29,52H2,1-5H3,(H2,53,54,65)/b8-7+,11-9+,12-10+,15-13+,16-14+,19-17+,20-18+/t30-,31-,32-,33+,34+,35+,36-,37-,39+,40+,41-,42-,44-,45+,46+,47+,48-,49-,51+/m0/s1. The van der Waals surface area contributed by atoms with Gasteiger partial charge in [0.15, 0.2) is 12.1 Å². The van der Waals surface area contributed by atoms with Crippen LogP contribution in [0.5, 0.6) is 0 Å². The van der Waals surface area contributed by atoms with E-state index in [0.29, 0.717) is 11.3 Å². The number of rotatable bonds is 6. The van der Waals surface area contributed by atoms with E-state index in [4.69, 9.17) is 36.9 Å². The highest BCUT2D eigenvalue weighted by molar-refractivity contribution is 7.80. The van der Waals surface area contributed by atoms with Crippen molar-refractivity contribution in [2.45, 2.75) is 196 Å². The maximum Gasteiger partial charge on any atom is 0.315 e. The summed E-state index contributed by atoms with van der Waals surface area (Å²) < 4.78 is 23.7. The van der Waals surface area contributed by atoms with Gasteiger partial charge in [-0.25, -0.2) is 4.79 Å². The van der Waals surface area contributed by atoms with Gasteiger partial charge in [-0.1, -0.05) is 118 Å². The van der Waals surface area contributed by atoms with Gasteiger partial charge in [0.25, 0.3) is 0 Å². The van der Waals surface area contributed by atoms with Crippen molar-refractivity contribution in [3.05, 3.63) is 85.1 Å². The molecule has 0 saturated carbocycles. The summed E-state index contributed by atoms with van der Waals surface area (Å²) in [5, 5.41) is 115. The number of ether oxygens (including phenoxy) is 4. The van der Waals surface area contributed by atoms with Crippen molar-refractivity contribution in [1.29, 1.82) is 0 Å². The van der Waals surface area contributed by atoms with Crippen molar-refractivity contribution in [3.8, 4) is 0 Å². The average molecular weight is 1020 g/mol.